The zero-order valence-corrected chi connectivity index (χ0v) is 25.0. The first-order chi connectivity index (χ1) is 20.3. The molecule has 0 unspecified atom stereocenters. The molecule has 0 fully saturated rings. The molecule has 0 amide bonds. The molecule has 8 nitrogen and oxygen atoms in total. The van der Waals surface area contributed by atoms with Crippen LogP contribution in [0.2, 0.25) is 0 Å². The van der Waals surface area contributed by atoms with Gasteiger partial charge in [0.05, 0.1) is 42.7 Å². The highest BCUT2D eigenvalue weighted by Gasteiger charge is 2.33. The fourth-order valence-corrected chi connectivity index (χ4v) is 5.97. The van der Waals surface area contributed by atoms with Gasteiger partial charge in [-0.25, -0.2) is 9.79 Å². The third kappa shape index (κ3) is 5.73. The van der Waals surface area contributed by atoms with Crippen LogP contribution < -0.4 is 29.1 Å². The van der Waals surface area contributed by atoms with Gasteiger partial charge in [0.1, 0.15) is 23.9 Å². The van der Waals surface area contributed by atoms with E-state index in [1.807, 2.05) is 67.6 Å². The van der Waals surface area contributed by atoms with Gasteiger partial charge in [0.2, 0.25) is 0 Å². The van der Waals surface area contributed by atoms with Crippen molar-refractivity contribution in [2.75, 3.05) is 20.8 Å². The van der Waals surface area contributed by atoms with Crippen LogP contribution in [0.25, 0.3) is 6.08 Å². The normalized spacial score (nSPS) is 14.7. The van der Waals surface area contributed by atoms with Crippen LogP contribution in [0.1, 0.15) is 42.1 Å². The lowest BCUT2D eigenvalue weighted by molar-refractivity contribution is -0.139. The number of carbonyl (C=O) groups is 1. The van der Waals surface area contributed by atoms with Crippen LogP contribution in [-0.4, -0.2) is 31.4 Å². The Bertz CT molecular complexity index is 1840. The molecule has 0 spiro atoms. The number of nitrogens with zero attached hydrogens (tertiary/aromatic N) is 2. The minimum atomic E-state index is -0.692. The van der Waals surface area contributed by atoms with E-state index in [1.165, 1.54) is 11.3 Å². The molecule has 1 aromatic heterocycles. The average Bonchev–Trinajstić information content (AvgIpc) is 3.30. The van der Waals surface area contributed by atoms with Gasteiger partial charge in [0.15, 0.2) is 4.80 Å². The van der Waals surface area contributed by atoms with Crippen molar-refractivity contribution in [3.8, 4) is 17.2 Å². The lowest BCUT2D eigenvalue weighted by Gasteiger charge is -2.24. The number of fused-ring (bicyclic) bond motifs is 1. The summed E-state index contributed by atoms with van der Waals surface area (Å²) in [6.07, 6.45) is 1.83. The van der Waals surface area contributed by atoms with Gasteiger partial charge in [-0.2, -0.15) is 0 Å². The highest BCUT2D eigenvalue weighted by Crippen LogP contribution is 2.31. The van der Waals surface area contributed by atoms with Gasteiger partial charge in [-0.15, -0.1) is 0 Å². The molecule has 0 saturated carbocycles. The monoisotopic (exact) mass is 584 g/mol. The number of aryl methyl sites for hydroxylation is 1. The van der Waals surface area contributed by atoms with Gasteiger partial charge in [0, 0.05) is 5.56 Å². The molecule has 216 valence electrons. The number of carbonyl (C=O) groups excluding carboxylic acids is 1. The molecule has 0 radical (unpaired) electrons. The SMILES string of the molecule is CCOC(=O)C1=C(C)N=c2s/c(=C/c3ccc(OC)c(COc4ccccc4C)c3)c(=O)n2[C@H]1c1ccc(OC)cc1. The van der Waals surface area contributed by atoms with Gasteiger partial charge in [-0.1, -0.05) is 47.7 Å². The van der Waals surface area contributed by atoms with E-state index in [0.29, 0.717) is 38.7 Å². The molecule has 5 rings (SSSR count). The lowest BCUT2D eigenvalue weighted by atomic mass is 9.96. The third-order valence-corrected chi connectivity index (χ3v) is 8.01. The average molecular weight is 585 g/mol. The number of aromatic nitrogens is 1. The van der Waals surface area contributed by atoms with Crippen molar-refractivity contribution in [3.63, 3.8) is 0 Å². The van der Waals surface area contributed by atoms with Gasteiger partial charge in [0.25, 0.3) is 5.56 Å². The Kier molecular flexibility index (Phi) is 8.59. The molecule has 0 N–H and O–H groups in total. The van der Waals surface area contributed by atoms with Gasteiger partial charge >= 0.3 is 5.97 Å². The largest absolute Gasteiger partial charge is 0.497 e. The summed E-state index contributed by atoms with van der Waals surface area (Å²) < 4.78 is 24.4. The van der Waals surface area contributed by atoms with E-state index in [2.05, 4.69) is 4.99 Å². The first-order valence-electron chi connectivity index (χ1n) is 13.5. The number of rotatable bonds is 9. The van der Waals surface area contributed by atoms with Crippen LogP contribution >= 0.6 is 11.3 Å². The fraction of sp³-hybridized carbons (Fsp3) is 0.242. The first kappa shape index (κ1) is 28.9. The van der Waals surface area contributed by atoms with Crippen LogP contribution in [0.15, 0.2) is 87.8 Å². The van der Waals surface area contributed by atoms with Crippen molar-refractivity contribution in [1.29, 1.82) is 0 Å². The van der Waals surface area contributed by atoms with Crippen molar-refractivity contribution in [2.45, 2.75) is 33.4 Å². The molecule has 9 heteroatoms. The van der Waals surface area contributed by atoms with Crippen LogP contribution in [0.5, 0.6) is 17.2 Å². The van der Waals surface area contributed by atoms with Crippen molar-refractivity contribution >= 4 is 23.4 Å². The maximum Gasteiger partial charge on any atom is 0.338 e. The maximum absolute atomic E-state index is 13.9. The number of hydrogen-bond donors (Lipinski definition) is 0. The molecule has 0 bridgehead atoms. The Morgan fingerprint density at radius 3 is 2.45 bits per heavy atom. The summed E-state index contributed by atoms with van der Waals surface area (Å²) in [6, 6.07) is 20.2. The van der Waals surface area contributed by atoms with Gasteiger partial charge < -0.3 is 18.9 Å². The Morgan fingerprint density at radius 1 is 1.00 bits per heavy atom. The number of allylic oxidation sites excluding steroid dienone is 1. The predicted octanol–water partition coefficient (Wildman–Crippen LogP) is 4.70. The van der Waals surface area contributed by atoms with Crippen molar-refractivity contribution in [3.05, 3.63) is 120 Å². The highest BCUT2D eigenvalue weighted by molar-refractivity contribution is 7.07. The van der Waals surface area contributed by atoms with E-state index in [0.717, 1.165) is 28.0 Å². The minimum absolute atomic E-state index is 0.211. The van der Waals surface area contributed by atoms with E-state index in [1.54, 1.807) is 44.8 Å². The summed E-state index contributed by atoms with van der Waals surface area (Å²) in [5.41, 5.74) is 4.05. The van der Waals surface area contributed by atoms with E-state index in [9.17, 15) is 9.59 Å². The summed E-state index contributed by atoms with van der Waals surface area (Å²) in [5.74, 6) is 1.66. The quantitative estimate of drug-likeness (QED) is 0.265. The minimum Gasteiger partial charge on any atom is -0.497 e. The highest BCUT2D eigenvalue weighted by atomic mass is 32.1. The first-order valence-corrected chi connectivity index (χ1v) is 14.3. The van der Waals surface area contributed by atoms with Crippen molar-refractivity contribution < 1.29 is 23.7 Å². The van der Waals surface area contributed by atoms with Crippen molar-refractivity contribution in [2.24, 2.45) is 4.99 Å². The number of hydrogen-bond acceptors (Lipinski definition) is 8. The van der Waals surface area contributed by atoms with E-state index < -0.39 is 12.0 Å². The summed E-state index contributed by atoms with van der Waals surface area (Å²) in [5, 5.41) is 0. The Balaban J connectivity index is 1.58. The van der Waals surface area contributed by atoms with Crippen molar-refractivity contribution in [1.82, 2.24) is 4.57 Å². The fourth-order valence-electron chi connectivity index (χ4n) is 4.92. The molecule has 0 saturated heterocycles. The number of ether oxygens (including phenoxy) is 4. The maximum atomic E-state index is 13.9. The second-order valence-corrected chi connectivity index (χ2v) is 10.7. The van der Waals surface area contributed by atoms with E-state index in [-0.39, 0.29) is 12.2 Å². The molecule has 4 aromatic rings. The molecule has 42 heavy (non-hydrogen) atoms. The summed E-state index contributed by atoms with van der Waals surface area (Å²) in [6.45, 7) is 6.03. The molecule has 1 aliphatic rings. The number of esters is 1. The second-order valence-electron chi connectivity index (χ2n) is 9.70. The molecule has 3 aromatic carbocycles. The zero-order chi connectivity index (χ0) is 29.8. The molecule has 1 aliphatic heterocycles. The predicted molar refractivity (Wildman–Crippen MR) is 162 cm³/mol. The summed E-state index contributed by atoms with van der Waals surface area (Å²) >= 11 is 1.28. The number of thiazole rings is 1. The van der Waals surface area contributed by atoms with Gasteiger partial charge in [-0.3, -0.25) is 9.36 Å². The molecule has 0 aliphatic carbocycles. The van der Waals surface area contributed by atoms with Crippen LogP contribution in [0.3, 0.4) is 0 Å². The van der Waals surface area contributed by atoms with Crippen LogP contribution in [-0.2, 0) is 16.1 Å². The lowest BCUT2D eigenvalue weighted by Crippen LogP contribution is -2.39. The standard InChI is InChI=1S/C33H32N2O6S/c1-6-40-32(37)29-21(3)34-33-35(30(29)23-12-14-25(38-4)15-13-23)31(36)28(42-33)18-22-11-16-27(39-5)24(17-22)19-41-26-10-8-7-9-20(26)2/h7-18,30H,6,19H2,1-5H3/b28-18+/t30-/m0/s1. The molecular weight excluding hydrogens is 552 g/mol. The van der Waals surface area contributed by atoms with Crippen LogP contribution in [0, 0.1) is 6.92 Å². The van der Waals surface area contributed by atoms with E-state index >= 15 is 0 Å². The summed E-state index contributed by atoms with van der Waals surface area (Å²) in [7, 11) is 3.21. The Morgan fingerprint density at radius 2 is 1.76 bits per heavy atom. The number of benzene rings is 3. The second kappa shape index (κ2) is 12.5. The molecule has 1 atom stereocenters. The third-order valence-electron chi connectivity index (χ3n) is 7.03. The zero-order valence-electron chi connectivity index (χ0n) is 24.2. The smallest absolute Gasteiger partial charge is 0.338 e. The molecule has 2 heterocycles. The number of methoxy groups -OCH3 is 2. The molecular formula is C33H32N2O6S. The number of para-hydroxylation sites is 1. The topological polar surface area (TPSA) is 88.4 Å². The van der Waals surface area contributed by atoms with Crippen LogP contribution in [0.4, 0.5) is 0 Å². The summed E-state index contributed by atoms with van der Waals surface area (Å²) in [4.78, 5) is 32.2. The Hall–Kier alpha value is -4.63. The van der Waals surface area contributed by atoms with Gasteiger partial charge in [-0.05, 0) is 73.9 Å². The Labute approximate surface area is 247 Å². The van der Waals surface area contributed by atoms with E-state index in [4.69, 9.17) is 18.9 Å².